The summed E-state index contributed by atoms with van der Waals surface area (Å²) in [4.78, 5) is 11.1. The molecule has 1 aromatic rings. The molecule has 110 valence electrons. The third kappa shape index (κ3) is 3.57. The summed E-state index contributed by atoms with van der Waals surface area (Å²) in [7, 11) is 0. The van der Waals surface area contributed by atoms with E-state index >= 15 is 0 Å². The molecule has 0 spiro atoms. The summed E-state index contributed by atoms with van der Waals surface area (Å²) in [5.74, 6) is 0.650. The van der Waals surface area contributed by atoms with Gasteiger partial charge in [-0.05, 0) is 49.3 Å². The van der Waals surface area contributed by atoms with E-state index < -0.39 is 5.91 Å². The van der Waals surface area contributed by atoms with Crippen molar-refractivity contribution in [2.75, 3.05) is 0 Å². The second-order valence-corrected chi connectivity index (χ2v) is 6.02. The van der Waals surface area contributed by atoms with Gasteiger partial charge in [-0.2, -0.15) is 0 Å². The Hall–Kier alpha value is -1.42. The summed E-state index contributed by atoms with van der Waals surface area (Å²) in [5, 5.41) is 3.40. The summed E-state index contributed by atoms with van der Waals surface area (Å²) >= 11 is 0. The summed E-state index contributed by atoms with van der Waals surface area (Å²) in [6.07, 6.45) is 3.46. The molecule has 0 radical (unpaired) electrons. The highest BCUT2D eigenvalue weighted by atomic mass is 19.1. The van der Waals surface area contributed by atoms with Gasteiger partial charge in [0, 0.05) is 23.7 Å². The van der Waals surface area contributed by atoms with Crippen molar-refractivity contribution >= 4 is 5.91 Å². The van der Waals surface area contributed by atoms with Gasteiger partial charge in [0.05, 0.1) is 0 Å². The molecule has 1 aromatic carbocycles. The van der Waals surface area contributed by atoms with Crippen molar-refractivity contribution in [3.63, 3.8) is 0 Å². The monoisotopic (exact) mass is 278 g/mol. The van der Waals surface area contributed by atoms with Gasteiger partial charge in [-0.15, -0.1) is 0 Å². The minimum atomic E-state index is -0.522. The van der Waals surface area contributed by atoms with E-state index in [2.05, 4.69) is 19.2 Å². The fourth-order valence-corrected chi connectivity index (χ4v) is 2.85. The van der Waals surface area contributed by atoms with Gasteiger partial charge in [0.1, 0.15) is 5.82 Å². The minimum absolute atomic E-state index is 0.292. The second kappa shape index (κ2) is 6.35. The topological polar surface area (TPSA) is 55.1 Å². The Morgan fingerprint density at radius 2 is 2.10 bits per heavy atom. The molecule has 3 N–H and O–H groups in total. The van der Waals surface area contributed by atoms with Gasteiger partial charge in [-0.1, -0.05) is 13.8 Å². The first-order valence-electron chi connectivity index (χ1n) is 7.29. The molecule has 1 aliphatic rings. The number of amides is 1. The molecule has 0 saturated heterocycles. The van der Waals surface area contributed by atoms with Crippen molar-refractivity contribution < 1.29 is 9.18 Å². The van der Waals surface area contributed by atoms with E-state index in [-0.39, 0.29) is 5.82 Å². The number of benzene rings is 1. The number of primary amides is 1. The zero-order valence-electron chi connectivity index (χ0n) is 12.2. The minimum Gasteiger partial charge on any atom is -0.366 e. The number of rotatable bonds is 4. The highest BCUT2D eigenvalue weighted by Crippen LogP contribution is 2.29. The maximum atomic E-state index is 13.7. The van der Waals surface area contributed by atoms with Crippen LogP contribution in [0.5, 0.6) is 0 Å². The molecule has 4 heteroatoms. The highest BCUT2D eigenvalue weighted by Gasteiger charge is 2.24. The van der Waals surface area contributed by atoms with Crippen molar-refractivity contribution in [2.45, 2.75) is 45.7 Å². The lowest BCUT2D eigenvalue weighted by Crippen LogP contribution is -2.36. The SMILES string of the molecule is CC1CCC(NCc2cc(C(N)=O)ccc2F)CC1C. The molecule has 0 heterocycles. The van der Waals surface area contributed by atoms with Gasteiger partial charge in [0.25, 0.3) is 0 Å². The van der Waals surface area contributed by atoms with Crippen LogP contribution in [0.15, 0.2) is 18.2 Å². The average Bonchev–Trinajstić information content (AvgIpc) is 2.41. The Morgan fingerprint density at radius 3 is 2.75 bits per heavy atom. The van der Waals surface area contributed by atoms with Crippen molar-refractivity contribution in [1.82, 2.24) is 5.32 Å². The van der Waals surface area contributed by atoms with E-state index in [0.717, 1.165) is 18.8 Å². The molecule has 0 aromatic heterocycles. The lowest BCUT2D eigenvalue weighted by Gasteiger charge is -2.32. The van der Waals surface area contributed by atoms with Crippen LogP contribution in [-0.4, -0.2) is 11.9 Å². The molecule has 3 atom stereocenters. The first kappa shape index (κ1) is 15.0. The van der Waals surface area contributed by atoms with Crippen LogP contribution in [0.3, 0.4) is 0 Å². The Morgan fingerprint density at radius 1 is 1.35 bits per heavy atom. The van der Waals surface area contributed by atoms with Crippen LogP contribution in [-0.2, 0) is 6.54 Å². The van der Waals surface area contributed by atoms with E-state index in [9.17, 15) is 9.18 Å². The smallest absolute Gasteiger partial charge is 0.248 e. The van der Waals surface area contributed by atoms with Crippen LogP contribution in [0.2, 0.25) is 0 Å². The Balaban J connectivity index is 1.97. The fraction of sp³-hybridized carbons (Fsp3) is 0.562. The van der Waals surface area contributed by atoms with Gasteiger partial charge in [-0.3, -0.25) is 4.79 Å². The van der Waals surface area contributed by atoms with Gasteiger partial charge >= 0.3 is 0 Å². The van der Waals surface area contributed by atoms with E-state index in [1.807, 2.05) is 0 Å². The van der Waals surface area contributed by atoms with Crippen LogP contribution in [0.1, 0.15) is 49.0 Å². The van der Waals surface area contributed by atoms with Gasteiger partial charge < -0.3 is 11.1 Å². The van der Waals surface area contributed by atoms with Crippen molar-refractivity contribution in [1.29, 1.82) is 0 Å². The summed E-state index contributed by atoms with van der Waals surface area (Å²) in [6, 6.07) is 4.70. The third-order valence-electron chi connectivity index (χ3n) is 4.51. The number of halogens is 1. The lowest BCUT2D eigenvalue weighted by molar-refractivity contribution is 0.1000. The summed E-state index contributed by atoms with van der Waals surface area (Å²) in [6.45, 7) is 5.00. The van der Waals surface area contributed by atoms with Crippen LogP contribution in [0.4, 0.5) is 4.39 Å². The molecule has 1 fully saturated rings. The number of nitrogens with two attached hydrogens (primary N) is 1. The molecule has 3 nitrogen and oxygen atoms in total. The van der Waals surface area contributed by atoms with Gasteiger partial charge in [-0.25, -0.2) is 4.39 Å². The first-order valence-corrected chi connectivity index (χ1v) is 7.29. The second-order valence-electron chi connectivity index (χ2n) is 6.02. The standard InChI is InChI=1S/C16H23FN2O/c1-10-3-5-14(7-11(10)2)19-9-13-8-12(16(18)20)4-6-15(13)17/h4,6,8,10-11,14,19H,3,5,7,9H2,1-2H3,(H2,18,20). The van der Waals surface area contributed by atoms with Crippen LogP contribution in [0, 0.1) is 17.7 Å². The molecule has 1 aliphatic carbocycles. The van der Waals surface area contributed by atoms with Crippen molar-refractivity contribution in [3.05, 3.63) is 35.1 Å². The predicted octanol–water partition coefficient (Wildman–Crippen LogP) is 2.84. The van der Waals surface area contributed by atoms with Crippen LogP contribution >= 0.6 is 0 Å². The maximum absolute atomic E-state index is 13.7. The highest BCUT2D eigenvalue weighted by molar-refractivity contribution is 5.92. The molecule has 2 rings (SSSR count). The Bertz CT molecular complexity index is 489. The molecule has 20 heavy (non-hydrogen) atoms. The Labute approximate surface area is 119 Å². The molecule has 1 amide bonds. The van der Waals surface area contributed by atoms with E-state index in [1.165, 1.54) is 18.6 Å². The number of nitrogens with one attached hydrogen (secondary N) is 1. The van der Waals surface area contributed by atoms with Crippen LogP contribution in [0.25, 0.3) is 0 Å². The summed E-state index contributed by atoms with van der Waals surface area (Å²) < 4.78 is 13.7. The van der Waals surface area contributed by atoms with Crippen molar-refractivity contribution in [2.24, 2.45) is 17.6 Å². The Kier molecular flexibility index (Phi) is 4.76. The predicted molar refractivity (Wildman–Crippen MR) is 77.7 cm³/mol. The zero-order valence-corrected chi connectivity index (χ0v) is 12.2. The molecular weight excluding hydrogens is 255 g/mol. The van der Waals surface area contributed by atoms with Gasteiger partial charge in [0.15, 0.2) is 0 Å². The molecule has 3 unspecified atom stereocenters. The number of carbonyl (C=O) groups is 1. The molecular formula is C16H23FN2O. The van der Waals surface area contributed by atoms with E-state index in [0.29, 0.717) is 29.6 Å². The zero-order chi connectivity index (χ0) is 14.7. The third-order valence-corrected chi connectivity index (χ3v) is 4.51. The van der Waals surface area contributed by atoms with E-state index in [4.69, 9.17) is 5.73 Å². The molecule has 0 bridgehead atoms. The molecule has 1 saturated carbocycles. The summed E-state index contributed by atoms with van der Waals surface area (Å²) in [5.41, 5.74) is 6.09. The number of hydrogen-bond donors (Lipinski definition) is 2. The average molecular weight is 278 g/mol. The van der Waals surface area contributed by atoms with E-state index in [1.54, 1.807) is 6.07 Å². The normalized spacial score (nSPS) is 26.4. The largest absolute Gasteiger partial charge is 0.366 e. The quantitative estimate of drug-likeness (QED) is 0.889. The lowest BCUT2D eigenvalue weighted by atomic mass is 9.79. The van der Waals surface area contributed by atoms with Gasteiger partial charge in [0.2, 0.25) is 5.91 Å². The van der Waals surface area contributed by atoms with Crippen LogP contribution < -0.4 is 11.1 Å². The molecule has 0 aliphatic heterocycles. The fourth-order valence-electron chi connectivity index (χ4n) is 2.85. The number of carbonyl (C=O) groups excluding carboxylic acids is 1. The first-order chi connectivity index (χ1) is 9.47. The number of hydrogen-bond acceptors (Lipinski definition) is 2. The maximum Gasteiger partial charge on any atom is 0.248 e. The van der Waals surface area contributed by atoms with Crippen molar-refractivity contribution in [3.8, 4) is 0 Å².